The van der Waals surface area contributed by atoms with Gasteiger partial charge in [0.2, 0.25) is 0 Å². The van der Waals surface area contributed by atoms with Crippen molar-refractivity contribution in [3.63, 3.8) is 0 Å². The van der Waals surface area contributed by atoms with Crippen LogP contribution in [0.3, 0.4) is 0 Å². The largest absolute Gasteiger partial charge is 0.345 e. The van der Waals surface area contributed by atoms with Gasteiger partial charge in [0.15, 0.2) is 15.3 Å². The van der Waals surface area contributed by atoms with Gasteiger partial charge in [0.05, 0.1) is 19.0 Å². The van der Waals surface area contributed by atoms with Crippen LogP contribution in [0.1, 0.15) is 19.4 Å². The lowest BCUT2D eigenvalue weighted by Crippen LogP contribution is -2.13. The van der Waals surface area contributed by atoms with Crippen molar-refractivity contribution in [3.8, 4) is 0 Å². The molecule has 19 heavy (non-hydrogen) atoms. The highest BCUT2D eigenvalue weighted by atomic mass is 32.2. The first-order chi connectivity index (χ1) is 8.91. The number of sulfone groups is 1. The summed E-state index contributed by atoms with van der Waals surface area (Å²) in [6, 6.07) is 8.75. The Morgan fingerprint density at radius 1 is 1.05 bits per heavy atom. The third-order valence-electron chi connectivity index (χ3n) is 2.24. The number of hydrogen-bond acceptors (Lipinski definition) is 5. The highest BCUT2D eigenvalue weighted by Crippen LogP contribution is 2.49. The maximum atomic E-state index is 12.2. The SMILES string of the molecule is CCOP(=O)(CS(=O)(=O)Cc1ccccc1)OCC. The molecule has 5 nitrogen and oxygen atoms in total. The molecule has 7 heteroatoms. The van der Waals surface area contributed by atoms with Crippen LogP contribution >= 0.6 is 7.60 Å². The van der Waals surface area contributed by atoms with Crippen LogP contribution in [-0.2, 0) is 29.2 Å². The molecule has 0 saturated carbocycles. The second-order valence-electron chi connectivity index (χ2n) is 3.95. The monoisotopic (exact) mass is 306 g/mol. The average Bonchev–Trinajstić information content (AvgIpc) is 2.28. The van der Waals surface area contributed by atoms with E-state index in [1.807, 2.05) is 0 Å². The number of rotatable bonds is 8. The maximum Gasteiger partial charge on any atom is 0.345 e. The van der Waals surface area contributed by atoms with Gasteiger partial charge >= 0.3 is 7.60 Å². The van der Waals surface area contributed by atoms with E-state index in [1.54, 1.807) is 44.2 Å². The van der Waals surface area contributed by atoms with E-state index in [-0.39, 0.29) is 19.0 Å². The summed E-state index contributed by atoms with van der Waals surface area (Å²) in [6.07, 6.45) is 0. The van der Waals surface area contributed by atoms with Crippen molar-refractivity contribution in [2.45, 2.75) is 19.6 Å². The summed E-state index contributed by atoms with van der Waals surface area (Å²) in [5, 5.41) is 0. The maximum absolute atomic E-state index is 12.2. The van der Waals surface area contributed by atoms with Gasteiger partial charge in [-0.05, 0) is 19.4 Å². The second-order valence-corrected chi connectivity index (χ2v) is 8.50. The Kier molecular flexibility index (Phi) is 6.20. The third kappa shape index (κ3) is 5.87. The van der Waals surface area contributed by atoms with Crippen molar-refractivity contribution >= 4 is 17.4 Å². The van der Waals surface area contributed by atoms with Gasteiger partial charge in [0.1, 0.15) is 0 Å². The third-order valence-corrected chi connectivity index (χ3v) is 7.15. The van der Waals surface area contributed by atoms with Crippen LogP contribution in [0.4, 0.5) is 0 Å². The summed E-state index contributed by atoms with van der Waals surface area (Å²) in [4.78, 5) is 0. The molecule has 0 atom stereocenters. The highest BCUT2D eigenvalue weighted by molar-refractivity contribution is 7.97. The first kappa shape index (κ1) is 16.4. The molecule has 0 aliphatic rings. The van der Waals surface area contributed by atoms with E-state index in [9.17, 15) is 13.0 Å². The Morgan fingerprint density at radius 2 is 1.58 bits per heavy atom. The zero-order chi connectivity index (χ0) is 14.4. The Morgan fingerprint density at radius 3 is 2.05 bits per heavy atom. The molecule has 1 aromatic carbocycles. The number of hydrogen-bond donors (Lipinski definition) is 0. The Hall–Kier alpha value is -0.680. The van der Waals surface area contributed by atoms with Crippen LogP contribution in [0.5, 0.6) is 0 Å². The minimum absolute atomic E-state index is 0.151. The quantitative estimate of drug-likeness (QED) is 0.691. The first-order valence-corrected chi connectivity index (χ1v) is 9.58. The molecule has 1 rings (SSSR count). The molecule has 0 heterocycles. The average molecular weight is 306 g/mol. The van der Waals surface area contributed by atoms with Crippen LogP contribution < -0.4 is 0 Å². The van der Waals surface area contributed by atoms with E-state index < -0.39 is 22.9 Å². The van der Waals surface area contributed by atoms with Crippen molar-refractivity contribution in [1.82, 2.24) is 0 Å². The fraction of sp³-hybridized carbons (Fsp3) is 0.500. The van der Waals surface area contributed by atoms with E-state index in [2.05, 4.69) is 0 Å². The lowest BCUT2D eigenvalue weighted by atomic mass is 10.2. The van der Waals surface area contributed by atoms with E-state index in [1.165, 1.54) is 0 Å². The lowest BCUT2D eigenvalue weighted by molar-refractivity contribution is 0.224. The number of benzene rings is 1. The predicted molar refractivity (Wildman–Crippen MR) is 74.8 cm³/mol. The van der Waals surface area contributed by atoms with Gasteiger partial charge in [-0.15, -0.1) is 0 Å². The molecule has 0 aliphatic carbocycles. The van der Waals surface area contributed by atoms with Gasteiger partial charge in [-0.1, -0.05) is 30.3 Å². The molecule has 0 amide bonds. The molecular formula is C12H19O5PS. The van der Waals surface area contributed by atoms with Gasteiger partial charge in [0.25, 0.3) is 0 Å². The molecule has 0 spiro atoms. The van der Waals surface area contributed by atoms with Crippen LogP contribution in [0, 0.1) is 0 Å². The second kappa shape index (κ2) is 7.20. The Bertz CT molecular complexity index is 516. The predicted octanol–water partition coefficient (Wildman–Crippen LogP) is 2.83. The van der Waals surface area contributed by atoms with Crippen LogP contribution in [0.25, 0.3) is 0 Å². The summed E-state index contributed by atoms with van der Waals surface area (Å²) in [7, 11) is -7.12. The normalized spacial score (nSPS) is 12.5. The van der Waals surface area contributed by atoms with Crippen LogP contribution in [0.2, 0.25) is 0 Å². The fourth-order valence-corrected chi connectivity index (χ4v) is 6.07. The lowest BCUT2D eigenvalue weighted by Gasteiger charge is -2.16. The van der Waals surface area contributed by atoms with Crippen molar-refractivity contribution in [1.29, 1.82) is 0 Å². The smallest absolute Gasteiger partial charge is 0.308 e. The molecule has 0 aromatic heterocycles. The summed E-state index contributed by atoms with van der Waals surface area (Å²) in [6.45, 7) is 3.60. The van der Waals surface area contributed by atoms with Gasteiger partial charge < -0.3 is 9.05 Å². The van der Waals surface area contributed by atoms with Crippen molar-refractivity contribution < 1.29 is 22.0 Å². The molecule has 0 aliphatic heterocycles. The molecular weight excluding hydrogens is 287 g/mol. The summed E-state index contributed by atoms with van der Waals surface area (Å²) in [5.74, 6) is -0.169. The van der Waals surface area contributed by atoms with Gasteiger partial charge in [-0.2, -0.15) is 0 Å². The summed E-state index contributed by atoms with van der Waals surface area (Å²) >= 11 is 0. The summed E-state index contributed by atoms with van der Waals surface area (Å²) < 4.78 is 46.3. The molecule has 0 radical (unpaired) electrons. The van der Waals surface area contributed by atoms with Gasteiger partial charge in [0, 0.05) is 0 Å². The molecule has 0 unspecified atom stereocenters. The minimum Gasteiger partial charge on any atom is -0.308 e. The highest BCUT2D eigenvalue weighted by Gasteiger charge is 2.31. The van der Waals surface area contributed by atoms with Crippen molar-refractivity contribution in [3.05, 3.63) is 35.9 Å². The standard InChI is InChI=1S/C12H19O5PS/c1-3-16-18(13,17-4-2)11-19(14,15)10-12-8-6-5-7-9-12/h5-9H,3-4,10-11H2,1-2H3. The Labute approximate surface area is 114 Å². The van der Waals surface area contributed by atoms with Gasteiger partial charge in [-0.25, -0.2) is 8.42 Å². The molecule has 0 saturated heterocycles. The zero-order valence-corrected chi connectivity index (χ0v) is 12.8. The van der Waals surface area contributed by atoms with E-state index in [0.717, 1.165) is 0 Å². The topological polar surface area (TPSA) is 69.7 Å². The zero-order valence-electron chi connectivity index (χ0n) is 11.1. The van der Waals surface area contributed by atoms with Gasteiger partial charge in [-0.3, -0.25) is 4.57 Å². The van der Waals surface area contributed by atoms with Crippen LogP contribution in [0.15, 0.2) is 30.3 Å². The van der Waals surface area contributed by atoms with Crippen molar-refractivity contribution in [2.24, 2.45) is 0 Å². The molecule has 0 N–H and O–H groups in total. The molecule has 1 aromatic rings. The molecule has 108 valence electrons. The molecule has 0 bridgehead atoms. The Balaban J connectivity index is 2.80. The van der Waals surface area contributed by atoms with Crippen LogP contribution in [-0.4, -0.2) is 27.1 Å². The van der Waals surface area contributed by atoms with E-state index >= 15 is 0 Å². The van der Waals surface area contributed by atoms with E-state index in [0.29, 0.717) is 5.56 Å². The minimum atomic E-state index is -3.57. The summed E-state index contributed by atoms with van der Waals surface area (Å²) in [5.41, 5.74) is 0.0679. The fourth-order valence-electron chi connectivity index (χ4n) is 1.62. The molecule has 0 fully saturated rings. The first-order valence-electron chi connectivity index (χ1n) is 6.03. The van der Waals surface area contributed by atoms with Crippen molar-refractivity contribution in [2.75, 3.05) is 18.7 Å². The van der Waals surface area contributed by atoms with E-state index in [4.69, 9.17) is 9.05 Å².